The van der Waals surface area contributed by atoms with Crippen LogP contribution in [0.25, 0.3) is 0 Å². The number of hydrogen-bond donors (Lipinski definition) is 1. The quantitative estimate of drug-likeness (QED) is 0.736. The average Bonchev–Trinajstić information content (AvgIpc) is 2.75. The van der Waals surface area contributed by atoms with Crippen molar-refractivity contribution in [2.45, 2.75) is 25.4 Å². The second kappa shape index (κ2) is 3.47. The molecule has 2 atom stereocenters. The smallest absolute Gasteiger partial charge is 0.0774 e. The number of nitrogens with zero attached hydrogens (tertiary/aromatic N) is 2. The first kappa shape index (κ1) is 8.72. The zero-order valence-corrected chi connectivity index (χ0v) is 7.81. The Balaban J connectivity index is 2.12. The molecule has 1 aliphatic rings. The van der Waals surface area contributed by atoms with Crippen molar-refractivity contribution in [3.8, 4) is 0 Å². The van der Waals surface area contributed by atoms with Gasteiger partial charge in [0.25, 0.3) is 0 Å². The number of nitrogens with two attached hydrogens (primary N) is 1. The minimum absolute atomic E-state index is 0.0658. The van der Waals surface area contributed by atoms with Crippen LogP contribution >= 0.6 is 0 Å². The van der Waals surface area contributed by atoms with Crippen LogP contribution in [0.15, 0.2) is 12.4 Å². The van der Waals surface area contributed by atoms with Gasteiger partial charge in [-0.2, -0.15) is 5.10 Å². The Bertz CT molecular complexity index is 276. The van der Waals surface area contributed by atoms with Gasteiger partial charge in [0, 0.05) is 24.4 Å². The molecule has 1 aliphatic heterocycles. The summed E-state index contributed by atoms with van der Waals surface area (Å²) in [5.74, 6) is 0. The van der Waals surface area contributed by atoms with Crippen molar-refractivity contribution in [1.82, 2.24) is 9.78 Å². The number of ether oxygens (including phenoxy) is 1. The van der Waals surface area contributed by atoms with Crippen LogP contribution in [0.1, 0.15) is 31.0 Å². The van der Waals surface area contributed by atoms with Crippen molar-refractivity contribution < 1.29 is 4.74 Å². The highest BCUT2D eigenvalue weighted by Crippen LogP contribution is 2.19. The standard InChI is InChI=1S/C9H15N3O/c1-7(10)8-4-11-12(5-8)9-2-3-13-6-9/h4-5,7,9H,2-3,6,10H2,1H3/t7-,9-/m0/s1. The fourth-order valence-corrected chi connectivity index (χ4v) is 1.52. The fourth-order valence-electron chi connectivity index (χ4n) is 1.52. The van der Waals surface area contributed by atoms with Gasteiger partial charge in [-0.1, -0.05) is 0 Å². The summed E-state index contributed by atoms with van der Waals surface area (Å²) in [4.78, 5) is 0. The Hall–Kier alpha value is -0.870. The van der Waals surface area contributed by atoms with Gasteiger partial charge in [-0.25, -0.2) is 0 Å². The van der Waals surface area contributed by atoms with Crippen molar-refractivity contribution in [2.75, 3.05) is 13.2 Å². The molecule has 2 heterocycles. The molecule has 0 aromatic carbocycles. The van der Waals surface area contributed by atoms with E-state index in [1.54, 1.807) is 0 Å². The monoisotopic (exact) mass is 181 g/mol. The summed E-state index contributed by atoms with van der Waals surface area (Å²) in [6, 6.07) is 0.476. The fraction of sp³-hybridized carbons (Fsp3) is 0.667. The van der Waals surface area contributed by atoms with Crippen LogP contribution < -0.4 is 5.73 Å². The molecule has 0 saturated carbocycles. The molecular weight excluding hydrogens is 166 g/mol. The Morgan fingerprint density at radius 2 is 2.62 bits per heavy atom. The first-order chi connectivity index (χ1) is 6.27. The largest absolute Gasteiger partial charge is 0.379 e. The van der Waals surface area contributed by atoms with Crippen LogP contribution in [0.2, 0.25) is 0 Å². The van der Waals surface area contributed by atoms with Gasteiger partial charge in [0.05, 0.1) is 18.8 Å². The van der Waals surface area contributed by atoms with E-state index in [0.717, 1.165) is 25.2 Å². The molecule has 4 nitrogen and oxygen atoms in total. The zero-order chi connectivity index (χ0) is 9.26. The normalized spacial score (nSPS) is 24.9. The highest BCUT2D eigenvalue weighted by Gasteiger charge is 2.18. The molecule has 2 rings (SSSR count). The van der Waals surface area contributed by atoms with Gasteiger partial charge < -0.3 is 10.5 Å². The van der Waals surface area contributed by atoms with Crippen molar-refractivity contribution in [3.05, 3.63) is 18.0 Å². The van der Waals surface area contributed by atoms with Crippen molar-refractivity contribution in [3.63, 3.8) is 0 Å². The van der Waals surface area contributed by atoms with E-state index in [1.165, 1.54) is 0 Å². The maximum atomic E-state index is 5.74. The third-order valence-electron chi connectivity index (χ3n) is 2.43. The molecule has 0 bridgehead atoms. The van der Waals surface area contributed by atoms with Crippen LogP contribution in [-0.4, -0.2) is 23.0 Å². The van der Waals surface area contributed by atoms with Gasteiger partial charge in [-0.05, 0) is 13.3 Å². The van der Waals surface area contributed by atoms with E-state index in [2.05, 4.69) is 5.10 Å². The summed E-state index contributed by atoms with van der Waals surface area (Å²) in [5, 5.41) is 4.28. The molecular formula is C9H15N3O. The van der Waals surface area contributed by atoms with Gasteiger partial charge in [0.1, 0.15) is 0 Å². The zero-order valence-electron chi connectivity index (χ0n) is 7.81. The highest BCUT2D eigenvalue weighted by atomic mass is 16.5. The van der Waals surface area contributed by atoms with Crippen molar-refractivity contribution in [2.24, 2.45) is 5.73 Å². The molecule has 0 amide bonds. The molecule has 0 aliphatic carbocycles. The van der Waals surface area contributed by atoms with Crippen molar-refractivity contribution >= 4 is 0 Å². The lowest BCUT2D eigenvalue weighted by Gasteiger charge is -2.07. The lowest BCUT2D eigenvalue weighted by Crippen LogP contribution is -2.09. The molecule has 2 N–H and O–H groups in total. The second-order valence-electron chi connectivity index (χ2n) is 3.56. The first-order valence-electron chi connectivity index (χ1n) is 4.65. The van der Waals surface area contributed by atoms with E-state index in [-0.39, 0.29) is 6.04 Å². The van der Waals surface area contributed by atoms with Gasteiger partial charge in [-0.15, -0.1) is 0 Å². The lowest BCUT2D eigenvalue weighted by molar-refractivity contribution is 0.184. The molecule has 1 aromatic rings. The second-order valence-corrected chi connectivity index (χ2v) is 3.56. The Morgan fingerprint density at radius 1 is 1.77 bits per heavy atom. The third kappa shape index (κ3) is 1.73. The average molecular weight is 181 g/mol. The van der Waals surface area contributed by atoms with E-state index >= 15 is 0 Å². The Kier molecular flexibility index (Phi) is 2.33. The molecule has 0 unspecified atom stereocenters. The van der Waals surface area contributed by atoms with E-state index in [4.69, 9.17) is 10.5 Å². The maximum absolute atomic E-state index is 5.74. The molecule has 1 fully saturated rings. The van der Waals surface area contributed by atoms with Crippen LogP contribution in [0.3, 0.4) is 0 Å². The molecule has 1 saturated heterocycles. The molecule has 0 radical (unpaired) electrons. The minimum atomic E-state index is 0.0658. The third-order valence-corrected chi connectivity index (χ3v) is 2.43. The number of hydrogen-bond acceptors (Lipinski definition) is 3. The van der Waals surface area contributed by atoms with Gasteiger partial charge in [-0.3, -0.25) is 4.68 Å². The van der Waals surface area contributed by atoms with Gasteiger partial charge in [0.2, 0.25) is 0 Å². The minimum Gasteiger partial charge on any atom is -0.379 e. The highest BCUT2D eigenvalue weighted by molar-refractivity contribution is 5.08. The number of rotatable bonds is 2. The molecule has 0 spiro atoms. The van der Waals surface area contributed by atoms with Gasteiger partial charge in [0.15, 0.2) is 0 Å². The lowest BCUT2D eigenvalue weighted by atomic mass is 10.2. The summed E-state index contributed by atoms with van der Waals surface area (Å²) in [6.07, 6.45) is 4.91. The van der Waals surface area contributed by atoms with Crippen molar-refractivity contribution in [1.29, 1.82) is 0 Å². The number of aromatic nitrogens is 2. The molecule has 72 valence electrons. The summed E-state index contributed by atoms with van der Waals surface area (Å²) < 4.78 is 7.25. The SMILES string of the molecule is C[C@H](N)c1cnn([C@H]2CCOC2)c1. The Morgan fingerprint density at radius 3 is 3.15 bits per heavy atom. The molecule has 1 aromatic heterocycles. The van der Waals surface area contributed by atoms with Crippen LogP contribution in [0.4, 0.5) is 0 Å². The van der Waals surface area contributed by atoms with Crippen LogP contribution in [-0.2, 0) is 4.74 Å². The summed E-state index contributed by atoms with van der Waals surface area (Å²) in [6.45, 7) is 3.59. The Labute approximate surface area is 77.7 Å². The van der Waals surface area contributed by atoms with E-state index in [9.17, 15) is 0 Å². The van der Waals surface area contributed by atoms with E-state index in [0.29, 0.717) is 6.04 Å². The first-order valence-corrected chi connectivity index (χ1v) is 4.65. The summed E-state index contributed by atoms with van der Waals surface area (Å²) in [5.41, 5.74) is 6.83. The van der Waals surface area contributed by atoms with Crippen LogP contribution in [0.5, 0.6) is 0 Å². The molecule has 4 heteroatoms. The summed E-state index contributed by atoms with van der Waals surface area (Å²) in [7, 11) is 0. The van der Waals surface area contributed by atoms with Crippen LogP contribution in [0, 0.1) is 0 Å². The van der Waals surface area contributed by atoms with Gasteiger partial charge >= 0.3 is 0 Å². The summed E-state index contributed by atoms with van der Waals surface area (Å²) >= 11 is 0. The predicted molar refractivity (Wildman–Crippen MR) is 49.3 cm³/mol. The maximum Gasteiger partial charge on any atom is 0.0774 e. The molecule has 13 heavy (non-hydrogen) atoms. The predicted octanol–water partition coefficient (Wildman–Crippen LogP) is 0.864. The van der Waals surface area contributed by atoms with E-state index < -0.39 is 0 Å². The topological polar surface area (TPSA) is 53.1 Å². The van der Waals surface area contributed by atoms with E-state index in [1.807, 2.05) is 24.0 Å².